The molecule has 25 heavy (non-hydrogen) atoms. The molecule has 0 spiro atoms. The molecule has 0 heterocycles. The van der Waals surface area contributed by atoms with E-state index in [1.54, 1.807) is 20.4 Å². The first-order chi connectivity index (χ1) is 12.2. The molecule has 2 N–H and O–H groups in total. The number of methoxy groups -OCH3 is 2. The minimum Gasteiger partial charge on any atom is -0.493 e. The average Bonchev–Trinajstić information content (AvgIpc) is 2.63. The predicted molar refractivity (Wildman–Crippen MR) is 99.6 cm³/mol. The Morgan fingerprint density at radius 3 is 1.56 bits per heavy atom. The number of ether oxygens (including phenoxy) is 4. The van der Waals surface area contributed by atoms with Gasteiger partial charge in [-0.1, -0.05) is 12.1 Å². The number of hydrogen-bond donors (Lipinski definition) is 1. The van der Waals surface area contributed by atoms with E-state index >= 15 is 0 Å². The first kappa shape index (κ1) is 18.5. The smallest absolute Gasteiger partial charge is 0.161 e. The highest BCUT2D eigenvalue weighted by Gasteiger charge is 2.13. The molecule has 2 rings (SSSR count). The van der Waals surface area contributed by atoms with E-state index in [0.717, 1.165) is 16.7 Å². The zero-order valence-electron chi connectivity index (χ0n) is 15.2. The lowest BCUT2D eigenvalue weighted by molar-refractivity contribution is 0.310. The van der Waals surface area contributed by atoms with Crippen LogP contribution in [0.1, 0.15) is 25.0 Å². The van der Waals surface area contributed by atoms with E-state index in [2.05, 4.69) is 0 Å². The standard InChI is InChI=1S/C20H25NO4/c1-5-24-19-11-14(7-9-17(19)22-3)16(13-21)15-8-10-18(23-4)20(12-15)25-6-2/h7-13H,5-6,21H2,1-4H3. The van der Waals surface area contributed by atoms with Crippen molar-refractivity contribution < 1.29 is 18.9 Å². The van der Waals surface area contributed by atoms with Gasteiger partial charge in [-0.05, 0) is 49.2 Å². The molecule has 134 valence electrons. The second-order valence-corrected chi connectivity index (χ2v) is 5.18. The predicted octanol–water partition coefficient (Wildman–Crippen LogP) is 3.85. The number of benzene rings is 2. The molecule has 0 fully saturated rings. The molecule has 0 aromatic heterocycles. The molecule has 0 aliphatic rings. The van der Waals surface area contributed by atoms with Gasteiger partial charge < -0.3 is 24.7 Å². The molecule has 0 amide bonds. The molecule has 5 nitrogen and oxygen atoms in total. The van der Waals surface area contributed by atoms with Crippen molar-refractivity contribution >= 4 is 5.57 Å². The Hall–Kier alpha value is -2.82. The lowest BCUT2D eigenvalue weighted by Crippen LogP contribution is -2.00. The fourth-order valence-electron chi connectivity index (χ4n) is 2.58. The van der Waals surface area contributed by atoms with Crippen molar-refractivity contribution in [1.29, 1.82) is 0 Å². The van der Waals surface area contributed by atoms with Crippen molar-refractivity contribution in [2.24, 2.45) is 5.73 Å². The average molecular weight is 343 g/mol. The summed E-state index contributed by atoms with van der Waals surface area (Å²) in [5.74, 6) is 2.74. The quantitative estimate of drug-likeness (QED) is 0.789. The van der Waals surface area contributed by atoms with Crippen LogP contribution in [0.15, 0.2) is 42.6 Å². The first-order valence-corrected chi connectivity index (χ1v) is 8.22. The van der Waals surface area contributed by atoms with Crippen molar-refractivity contribution in [2.45, 2.75) is 13.8 Å². The van der Waals surface area contributed by atoms with Gasteiger partial charge in [-0.3, -0.25) is 0 Å². The number of hydrogen-bond acceptors (Lipinski definition) is 5. The lowest BCUT2D eigenvalue weighted by atomic mass is 9.98. The molecule has 0 saturated heterocycles. The fourth-order valence-corrected chi connectivity index (χ4v) is 2.58. The third-order valence-electron chi connectivity index (χ3n) is 3.72. The molecule has 0 radical (unpaired) electrons. The van der Waals surface area contributed by atoms with E-state index in [9.17, 15) is 0 Å². The Morgan fingerprint density at radius 1 is 0.800 bits per heavy atom. The number of nitrogens with two attached hydrogens (primary N) is 1. The van der Waals surface area contributed by atoms with E-state index < -0.39 is 0 Å². The van der Waals surface area contributed by atoms with Crippen LogP contribution in [-0.4, -0.2) is 27.4 Å². The minimum atomic E-state index is 0.554. The van der Waals surface area contributed by atoms with Gasteiger partial charge in [-0.25, -0.2) is 0 Å². The van der Waals surface area contributed by atoms with Gasteiger partial charge in [0.15, 0.2) is 23.0 Å². The van der Waals surface area contributed by atoms with E-state index in [4.69, 9.17) is 24.7 Å². The zero-order chi connectivity index (χ0) is 18.2. The lowest BCUT2D eigenvalue weighted by Gasteiger charge is -2.15. The van der Waals surface area contributed by atoms with Crippen molar-refractivity contribution in [2.75, 3.05) is 27.4 Å². The fraction of sp³-hybridized carbons (Fsp3) is 0.300. The summed E-state index contributed by atoms with van der Waals surface area (Å²) < 4.78 is 22.0. The van der Waals surface area contributed by atoms with Gasteiger partial charge in [0.2, 0.25) is 0 Å². The van der Waals surface area contributed by atoms with Crippen LogP contribution in [-0.2, 0) is 0 Å². The van der Waals surface area contributed by atoms with Crippen LogP contribution in [0.4, 0.5) is 0 Å². The molecular formula is C20H25NO4. The van der Waals surface area contributed by atoms with Crippen LogP contribution in [0.5, 0.6) is 23.0 Å². The van der Waals surface area contributed by atoms with Crippen molar-refractivity contribution in [3.05, 3.63) is 53.7 Å². The van der Waals surface area contributed by atoms with Gasteiger partial charge in [-0.15, -0.1) is 0 Å². The summed E-state index contributed by atoms with van der Waals surface area (Å²) in [5.41, 5.74) is 8.65. The third kappa shape index (κ3) is 4.18. The SMILES string of the molecule is CCOc1cc(C(=CN)c2ccc(OC)c(OCC)c2)ccc1OC. The van der Waals surface area contributed by atoms with Crippen LogP contribution in [0.3, 0.4) is 0 Å². The molecule has 2 aromatic carbocycles. The molecule has 5 heteroatoms. The summed E-state index contributed by atoms with van der Waals surface area (Å²) in [6, 6.07) is 11.5. The van der Waals surface area contributed by atoms with Crippen LogP contribution < -0.4 is 24.7 Å². The summed E-state index contributed by atoms with van der Waals surface area (Å²) >= 11 is 0. The third-order valence-corrected chi connectivity index (χ3v) is 3.72. The largest absolute Gasteiger partial charge is 0.493 e. The second-order valence-electron chi connectivity index (χ2n) is 5.18. The summed E-state index contributed by atoms with van der Waals surface area (Å²) in [6.07, 6.45) is 1.58. The maximum absolute atomic E-state index is 5.92. The molecule has 0 bridgehead atoms. The van der Waals surface area contributed by atoms with Gasteiger partial charge in [0.1, 0.15) is 0 Å². The van der Waals surface area contributed by atoms with Gasteiger partial charge in [0.25, 0.3) is 0 Å². The Bertz CT molecular complexity index is 681. The van der Waals surface area contributed by atoms with Crippen molar-refractivity contribution in [1.82, 2.24) is 0 Å². The minimum absolute atomic E-state index is 0.554. The molecular weight excluding hydrogens is 318 g/mol. The summed E-state index contributed by atoms with van der Waals surface area (Å²) in [5, 5.41) is 0. The Morgan fingerprint density at radius 2 is 1.24 bits per heavy atom. The van der Waals surface area contributed by atoms with Crippen molar-refractivity contribution in [3.63, 3.8) is 0 Å². The second kappa shape index (κ2) is 8.87. The summed E-state index contributed by atoms with van der Waals surface area (Å²) in [7, 11) is 3.24. The maximum Gasteiger partial charge on any atom is 0.161 e. The molecule has 0 atom stereocenters. The monoisotopic (exact) mass is 343 g/mol. The summed E-state index contributed by atoms with van der Waals surface area (Å²) in [4.78, 5) is 0. The highest BCUT2D eigenvalue weighted by atomic mass is 16.5. The van der Waals surface area contributed by atoms with E-state index in [0.29, 0.717) is 36.2 Å². The molecule has 0 saturated carbocycles. The van der Waals surface area contributed by atoms with Gasteiger partial charge in [0, 0.05) is 11.8 Å². The molecule has 0 unspecified atom stereocenters. The van der Waals surface area contributed by atoms with E-state index in [-0.39, 0.29) is 0 Å². The van der Waals surface area contributed by atoms with Crippen LogP contribution >= 0.6 is 0 Å². The van der Waals surface area contributed by atoms with Gasteiger partial charge in [-0.2, -0.15) is 0 Å². The number of rotatable bonds is 8. The first-order valence-electron chi connectivity index (χ1n) is 8.22. The van der Waals surface area contributed by atoms with Crippen LogP contribution in [0.25, 0.3) is 5.57 Å². The molecule has 2 aromatic rings. The zero-order valence-corrected chi connectivity index (χ0v) is 15.2. The Balaban J connectivity index is 2.46. The van der Waals surface area contributed by atoms with Gasteiger partial charge in [0.05, 0.1) is 27.4 Å². The van der Waals surface area contributed by atoms with Crippen LogP contribution in [0, 0.1) is 0 Å². The topological polar surface area (TPSA) is 62.9 Å². The summed E-state index contributed by atoms with van der Waals surface area (Å²) in [6.45, 7) is 4.98. The highest BCUT2D eigenvalue weighted by molar-refractivity contribution is 5.81. The highest BCUT2D eigenvalue weighted by Crippen LogP contribution is 2.36. The van der Waals surface area contributed by atoms with E-state index in [1.165, 1.54) is 0 Å². The van der Waals surface area contributed by atoms with Crippen LogP contribution in [0.2, 0.25) is 0 Å². The Labute approximate surface area is 149 Å². The Kier molecular flexibility index (Phi) is 6.57. The maximum atomic E-state index is 5.92. The van der Waals surface area contributed by atoms with Gasteiger partial charge >= 0.3 is 0 Å². The van der Waals surface area contributed by atoms with E-state index in [1.807, 2.05) is 50.2 Å². The molecule has 0 aliphatic carbocycles. The molecule has 0 aliphatic heterocycles. The normalized spacial score (nSPS) is 10.1. The van der Waals surface area contributed by atoms with Crippen molar-refractivity contribution in [3.8, 4) is 23.0 Å².